The predicted molar refractivity (Wildman–Crippen MR) is 48.8 cm³/mol. The van der Waals surface area contributed by atoms with Crippen LogP contribution in [-0.4, -0.2) is 42.2 Å². The van der Waals surface area contributed by atoms with Crippen LogP contribution in [0, 0.1) is 0 Å². The molecule has 19 heavy (non-hydrogen) atoms. The molecular weight excluding hydrogens is 286 g/mol. The van der Waals surface area contributed by atoms with Gasteiger partial charge in [0.2, 0.25) is 0 Å². The Balaban J connectivity index is 4.83. The summed E-state index contributed by atoms with van der Waals surface area (Å²) in [6.07, 6.45) is -12.5. The monoisotopic (exact) mass is 296 g/mol. The molecule has 0 aliphatic rings. The standard InChI is InChI=1S/C9H10F6O4/c1-5(2)18-3-4-19-6(16)7(17,8(10,11)12)9(13,14)15/h17H,1,3-4H2,2H3. The summed E-state index contributed by atoms with van der Waals surface area (Å²) in [4.78, 5) is 10.8. The van der Waals surface area contributed by atoms with E-state index in [-0.39, 0.29) is 5.76 Å². The molecule has 0 aliphatic carbocycles. The lowest BCUT2D eigenvalue weighted by atomic mass is 10.0. The van der Waals surface area contributed by atoms with Crippen LogP contribution in [0.5, 0.6) is 0 Å². The first kappa shape index (κ1) is 17.6. The van der Waals surface area contributed by atoms with Gasteiger partial charge in [0.15, 0.2) is 0 Å². The van der Waals surface area contributed by atoms with Gasteiger partial charge in [-0.05, 0) is 6.92 Å². The van der Waals surface area contributed by atoms with Gasteiger partial charge >= 0.3 is 23.9 Å². The van der Waals surface area contributed by atoms with Gasteiger partial charge in [-0.1, -0.05) is 6.58 Å². The van der Waals surface area contributed by atoms with E-state index in [1.54, 1.807) is 0 Å². The van der Waals surface area contributed by atoms with Crippen LogP contribution in [-0.2, 0) is 14.3 Å². The van der Waals surface area contributed by atoms with E-state index in [1.165, 1.54) is 6.92 Å². The maximum Gasteiger partial charge on any atom is 0.437 e. The van der Waals surface area contributed by atoms with Gasteiger partial charge < -0.3 is 14.6 Å². The Labute approximate surface area is 103 Å². The zero-order valence-electron chi connectivity index (χ0n) is 9.56. The highest BCUT2D eigenvalue weighted by Gasteiger charge is 2.76. The van der Waals surface area contributed by atoms with Gasteiger partial charge in [-0.25, -0.2) is 4.79 Å². The molecule has 0 heterocycles. The average molecular weight is 296 g/mol. The first-order chi connectivity index (χ1) is 8.34. The molecule has 0 saturated heterocycles. The molecule has 0 amide bonds. The second kappa shape index (κ2) is 5.68. The minimum Gasteiger partial charge on any atom is -0.495 e. The Bertz CT molecular complexity index is 332. The molecule has 0 saturated carbocycles. The van der Waals surface area contributed by atoms with Crippen LogP contribution in [0.4, 0.5) is 26.3 Å². The first-order valence-electron chi connectivity index (χ1n) is 4.65. The molecule has 0 aromatic heterocycles. The van der Waals surface area contributed by atoms with E-state index in [4.69, 9.17) is 5.11 Å². The highest BCUT2D eigenvalue weighted by molar-refractivity contribution is 5.81. The van der Waals surface area contributed by atoms with Crippen molar-refractivity contribution in [2.24, 2.45) is 0 Å². The number of hydrogen-bond donors (Lipinski definition) is 1. The van der Waals surface area contributed by atoms with Crippen molar-refractivity contribution in [3.05, 3.63) is 12.3 Å². The van der Waals surface area contributed by atoms with Crippen molar-refractivity contribution in [1.29, 1.82) is 0 Å². The molecule has 0 unspecified atom stereocenters. The Morgan fingerprint density at radius 3 is 1.74 bits per heavy atom. The summed E-state index contributed by atoms with van der Waals surface area (Å²) in [7, 11) is 0. The smallest absolute Gasteiger partial charge is 0.437 e. The van der Waals surface area contributed by atoms with Crippen molar-refractivity contribution in [3.63, 3.8) is 0 Å². The summed E-state index contributed by atoms with van der Waals surface area (Å²) < 4.78 is 81.3. The van der Waals surface area contributed by atoms with E-state index in [0.717, 1.165) is 0 Å². The second-order valence-electron chi connectivity index (χ2n) is 3.39. The van der Waals surface area contributed by atoms with E-state index >= 15 is 0 Å². The molecule has 10 heteroatoms. The van der Waals surface area contributed by atoms with Crippen molar-refractivity contribution >= 4 is 5.97 Å². The molecule has 0 rings (SSSR count). The Kier molecular flexibility index (Phi) is 5.24. The van der Waals surface area contributed by atoms with E-state index in [2.05, 4.69) is 16.1 Å². The van der Waals surface area contributed by atoms with Gasteiger partial charge in [0.05, 0.1) is 5.76 Å². The largest absolute Gasteiger partial charge is 0.495 e. The molecule has 4 nitrogen and oxygen atoms in total. The highest BCUT2D eigenvalue weighted by atomic mass is 19.4. The average Bonchev–Trinajstić information content (AvgIpc) is 2.19. The van der Waals surface area contributed by atoms with Gasteiger partial charge in [0.1, 0.15) is 13.2 Å². The summed E-state index contributed by atoms with van der Waals surface area (Å²) >= 11 is 0. The van der Waals surface area contributed by atoms with Crippen molar-refractivity contribution in [2.45, 2.75) is 24.9 Å². The number of esters is 1. The molecule has 112 valence electrons. The summed E-state index contributed by atoms with van der Waals surface area (Å²) in [5, 5.41) is 8.58. The van der Waals surface area contributed by atoms with Gasteiger partial charge in [-0.2, -0.15) is 26.3 Å². The number of alkyl halides is 6. The maximum atomic E-state index is 12.2. The van der Waals surface area contributed by atoms with Crippen LogP contribution < -0.4 is 0 Å². The fourth-order valence-corrected chi connectivity index (χ4v) is 0.847. The lowest BCUT2D eigenvalue weighted by Crippen LogP contribution is -2.63. The fourth-order valence-electron chi connectivity index (χ4n) is 0.847. The van der Waals surface area contributed by atoms with Crippen LogP contribution in [0.25, 0.3) is 0 Å². The van der Waals surface area contributed by atoms with E-state index < -0.39 is 37.1 Å². The number of hydrogen-bond acceptors (Lipinski definition) is 4. The molecule has 0 fully saturated rings. The van der Waals surface area contributed by atoms with E-state index in [1.807, 2.05) is 0 Å². The van der Waals surface area contributed by atoms with E-state index in [0.29, 0.717) is 0 Å². The van der Waals surface area contributed by atoms with E-state index in [9.17, 15) is 31.1 Å². The Morgan fingerprint density at radius 1 is 1.05 bits per heavy atom. The van der Waals surface area contributed by atoms with Gasteiger partial charge in [-0.3, -0.25) is 0 Å². The lowest BCUT2D eigenvalue weighted by Gasteiger charge is -2.29. The van der Waals surface area contributed by atoms with Crippen molar-refractivity contribution in [3.8, 4) is 0 Å². The molecule has 0 bridgehead atoms. The summed E-state index contributed by atoms with van der Waals surface area (Å²) in [6, 6.07) is 0. The van der Waals surface area contributed by atoms with Crippen molar-refractivity contribution in [2.75, 3.05) is 13.2 Å². The maximum absolute atomic E-state index is 12.2. The number of aliphatic hydroxyl groups is 1. The van der Waals surface area contributed by atoms with Gasteiger partial charge in [0, 0.05) is 0 Å². The Hall–Kier alpha value is -1.45. The third-order valence-electron chi connectivity index (χ3n) is 1.78. The zero-order valence-corrected chi connectivity index (χ0v) is 9.56. The molecule has 0 aliphatic heterocycles. The quantitative estimate of drug-likeness (QED) is 0.364. The minimum absolute atomic E-state index is 0.123. The second-order valence-corrected chi connectivity index (χ2v) is 3.39. The fraction of sp³-hybridized carbons (Fsp3) is 0.667. The summed E-state index contributed by atoms with van der Waals surface area (Å²) in [5.41, 5.74) is -5.57. The predicted octanol–water partition coefficient (Wildman–Crippen LogP) is 1.94. The number of carbonyl (C=O) groups is 1. The first-order valence-corrected chi connectivity index (χ1v) is 4.65. The van der Waals surface area contributed by atoms with Crippen LogP contribution in [0.1, 0.15) is 6.92 Å². The number of allylic oxidation sites excluding steroid dienone is 1. The molecule has 0 spiro atoms. The molecule has 0 aromatic carbocycles. The lowest BCUT2D eigenvalue weighted by molar-refractivity contribution is -0.357. The zero-order chi connectivity index (χ0) is 15.5. The summed E-state index contributed by atoms with van der Waals surface area (Å²) in [6.45, 7) is 3.20. The van der Waals surface area contributed by atoms with Crippen molar-refractivity contribution in [1.82, 2.24) is 0 Å². The number of ether oxygens (including phenoxy) is 2. The highest BCUT2D eigenvalue weighted by Crippen LogP contribution is 2.43. The normalized spacial score (nSPS) is 13.1. The Morgan fingerprint density at radius 2 is 1.42 bits per heavy atom. The van der Waals surface area contributed by atoms with Gasteiger partial charge in [0.25, 0.3) is 0 Å². The third kappa shape index (κ3) is 4.01. The molecule has 0 radical (unpaired) electrons. The van der Waals surface area contributed by atoms with Gasteiger partial charge in [-0.15, -0.1) is 0 Å². The van der Waals surface area contributed by atoms with Crippen LogP contribution in [0.3, 0.4) is 0 Å². The topological polar surface area (TPSA) is 55.8 Å². The minimum atomic E-state index is -6.25. The molecule has 0 atom stereocenters. The summed E-state index contributed by atoms with van der Waals surface area (Å²) in [5.74, 6) is -2.74. The number of halogens is 6. The molecule has 0 aromatic rings. The molecular formula is C9H10F6O4. The third-order valence-corrected chi connectivity index (χ3v) is 1.78. The van der Waals surface area contributed by atoms with Crippen LogP contribution >= 0.6 is 0 Å². The van der Waals surface area contributed by atoms with Crippen LogP contribution in [0.2, 0.25) is 0 Å². The van der Waals surface area contributed by atoms with Crippen LogP contribution in [0.15, 0.2) is 12.3 Å². The number of rotatable bonds is 5. The van der Waals surface area contributed by atoms with Crippen molar-refractivity contribution < 1.29 is 45.7 Å². The number of carbonyl (C=O) groups excluding carboxylic acids is 1. The SMILES string of the molecule is C=C(C)OCCOC(=O)C(O)(C(F)(F)F)C(F)(F)F. The molecule has 1 N–H and O–H groups in total.